The zero-order valence-corrected chi connectivity index (χ0v) is 24.9. The number of ether oxygens (including phenoxy) is 1. The number of rotatable bonds is 9. The van der Waals surface area contributed by atoms with Gasteiger partial charge < -0.3 is 20.3 Å². The van der Waals surface area contributed by atoms with E-state index in [1.807, 2.05) is 31.0 Å². The largest absolute Gasteiger partial charge is 0.488 e. The van der Waals surface area contributed by atoms with Gasteiger partial charge in [0.2, 0.25) is 20.8 Å². The van der Waals surface area contributed by atoms with Crippen molar-refractivity contribution in [2.45, 2.75) is 68.5 Å². The standard InChI is InChI=1S/C27H35ClFN7O3S/c1-15(2)40(37,38)26-23(14-36(5)34-26)31-25-20(28)12-30-27(33-25)32-22-10-16(3)19(11-24(22)39-17-6-7-17)18-8-9-35(4)13-21(18)29/h10-12,14-15,17-18,21H,6-9,13H2,1-5H3,(H2,30,31,32,33). The van der Waals surface area contributed by atoms with Crippen LogP contribution in [0.1, 0.15) is 50.2 Å². The molecule has 2 aromatic heterocycles. The first kappa shape index (κ1) is 28.6. The number of halogens is 2. The van der Waals surface area contributed by atoms with Crippen LogP contribution < -0.4 is 15.4 Å². The Kier molecular flexibility index (Phi) is 7.95. The average molecular weight is 592 g/mol. The molecule has 13 heteroatoms. The Balaban J connectivity index is 1.45. The van der Waals surface area contributed by atoms with Crippen molar-refractivity contribution in [3.63, 3.8) is 0 Å². The van der Waals surface area contributed by atoms with E-state index in [2.05, 4.69) is 25.7 Å². The Morgan fingerprint density at radius 3 is 2.58 bits per heavy atom. The topological polar surface area (TPSA) is 114 Å². The minimum Gasteiger partial charge on any atom is -0.488 e. The van der Waals surface area contributed by atoms with Crippen LogP contribution >= 0.6 is 11.6 Å². The van der Waals surface area contributed by atoms with Crippen LogP contribution in [-0.2, 0) is 16.9 Å². The summed E-state index contributed by atoms with van der Waals surface area (Å²) in [5, 5.41) is 9.87. The number of sulfone groups is 1. The lowest BCUT2D eigenvalue weighted by Gasteiger charge is -2.33. The lowest BCUT2D eigenvalue weighted by atomic mass is 9.85. The van der Waals surface area contributed by atoms with E-state index < -0.39 is 21.3 Å². The molecule has 0 bridgehead atoms. The first-order valence-electron chi connectivity index (χ1n) is 13.4. The van der Waals surface area contributed by atoms with Gasteiger partial charge in [-0.25, -0.2) is 17.8 Å². The lowest BCUT2D eigenvalue weighted by molar-refractivity contribution is 0.139. The van der Waals surface area contributed by atoms with Gasteiger partial charge >= 0.3 is 0 Å². The second-order valence-corrected chi connectivity index (χ2v) is 13.8. The normalized spacial score (nSPS) is 20.1. The number of likely N-dealkylation sites (tertiary alicyclic amines) is 1. The zero-order chi connectivity index (χ0) is 28.8. The van der Waals surface area contributed by atoms with Crippen LogP contribution in [0.25, 0.3) is 0 Å². The maximum absolute atomic E-state index is 15.0. The van der Waals surface area contributed by atoms with E-state index in [-0.39, 0.29) is 39.5 Å². The monoisotopic (exact) mass is 591 g/mol. The summed E-state index contributed by atoms with van der Waals surface area (Å²) >= 11 is 6.39. The highest BCUT2D eigenvalue weighted by atomic mass is 35.5. The highest BCUT2D eigenvalue weighted by Gasteiger charge is 2.32. The van der Waals surface area contributed by atoms with Gasteiger partial charge in [-0.1, -0.05) is 11.6 Å². The predicted molar refractivity (Wildman–Crippen MR) is 154 cm³/mol. The molecule has 3 heterocycles. The number of nitrogens with zero attached hydrogens (tertiary/aromatic N) is 5. The number of nitrogens with one attached hydrogen (secondary N) is 2. The molecule has 2 atom stereocenters. The van der Waals surface area contributed by atoms with E-state index in [0.29, 0.717) is 18.0 Å². The molecule has 1 aliphatic heterocycles. The number of anilines is 4. The molecule has 2 fully saturated rings. The maximum Gasteiger partial charge on any atom is 0.229 e. The summed E-state index contributed by atoms with van der Waals surface area (Å²) in [6, 6.07) is 3.89. The number of aromatic nitrogens is 4. The molecular weight excluding hydrogens is 557 g/mol. The third kappa shape index (κ3) is 6.03. The number of aryl methyl sites for hydroxylation is 2. The van der Waals surface area contributed by atoms with Crippen molar-refractivity contribution < 1.29 is 17.5 Å². The molecule has 2 unspecified atom stereocenters. The molecule has 1 aromatic carbocycles. The molecule has 10 nitrogen and oxygen atoms in total. The first-order valence-corrected chi connectivity index (χ1v) is 15.3. The maximum atomic E-state index is 15.0. The lowest BCUT2D eigenvalue weighted by Crippen LogP contribution is -2.38. The van der Waals surface area contributed by atoms with Gasteiger partial charge in [0, 0.05) is 25.7 Å². The zero-order valence-electron chi connectivity index (χ0n) is 23.3. The van der Waals surface area contributed by atoms with Gasteiger partial charge in [-0.3, -0.25) is 4.68 Å². The highest BCUT2D eigenvalue weighted by molar-refractivity contribution is 7.92. The highest BCUT2D eigenvalue weighted by Crippen LogP contribution is 2.41. The summed E-state index contributed by atoms with van der Waals surface area (Å²) < 4.78 is 48.4. The van der Waals surface area contributed by atoms with Crippen LogP contribution in [0.15, 0.2) is 29.6 Å². The molecule has 3 aromatic rings. The Bertz CT molecular complexity index is 1510. The van der Waals surface area contributed by atoms with E-state index in [1.54, 1.807) is 27.1 Å². The second-order valence-electron chi connectivity index (χ2n) is 11.0. The van der Waals surface area contributed by atoms with Crippen molar-refractivity contribution in [3.8, 4) is 5.75 Å². The van der Waals surface area contributed by atoms with Crippen LogP contribution in [0, 0.1) is 6.92 Å². The number of piperidine rings is 1. The summed E-state index contributed by atoms with van der Waals surface area (Å²) in [6.45, 7) is 6.43. The van der Waals surface area contributed by atoms with E-state index in [4.69, 9.17) is 16.3 Å². The fourth-order valence-electron chi connectivity index (χ4n) is 4.82. The van der Waals surface area contributed by atoms with Crippen LogP contribution in [0.5, 0.6) is 5.75 Å². The van der Waals surface area contributed by atoms with Gasteiger partial charge in [-0.15, -0.1) is 0 Å². The van der Waals surface area contributed by atoms with Crippen LogP contribution in [-0.4, -0.2) is 70.7 Å². The van der Waals surface area contributed by atoms with Crippen LogP contribution in [0.4, 0.5) is 27.5 Å². The van der Waals surface area contributed by atoms with Gasteiger partial charge in [0.15, 0.2) is 5.82 Å². The summed E-state index contributed by atoms with van der Waals surface area (Å²) in [7, 11) is -0.0730. The molecular formula is C27H35ClFN7O3S. The molecule has 216 valence electrons. The van der Waals surface area contributed by atoms with Gasteiger partial charge in [-0.2, -0.15) is 10.1 Å². The quantitative estimate of drug-likeness (QED) is 0.349. The molecule has 1 aliphatic carbocycles. The Hall–Kier alpha value is -2.96. The first-order chi connectivity index (χ1) is 18.9. The van der Waals surface area contributed by atoms with E-state index in [0.717, 1.165) is 36.9 Å². The summed E-state index contributed by atoms with van der Waals surface area (Å²) in [5.74, 6) is 0.890. The number of hydrogen-bond donors (Lipinski definition) is 2. The molecule has 0 radical (unpaired) electrons. The van der Waals surface area contributed by atoms with Crippen molar-refractivity contribution in [1.29, 1.82) is 0 Å². The summed E-state index contributed by atoms with van der Waals surface area (Å²) in [6.07, 6.45) is 4.86. The van der Waals surface area contributed by atoms with Crippen molar-refractivity contribution in [2.24, 2.45) is 7.05 Å². The van der Waals surface area contributed by atoms with Crippen LogP contribution in [0.2, 0.25) is 5.02 Å². The van der Waals surface area contributed by atoms with Crippen molar-refractivity contribution in [1.82, 2.24) is 24.6 Å². The minimum absolute atomic E-state index is 0.0828. The molecule has 0 amide bonds. The van der Waals surface area contributed by atoms with Crippen LogP contribution in [0.3, 0.4) is 0 Å². The number of benzene rings is 1. The second kappa shape index (κ2) is 11.1. The third-order valence-corrected chi connectivity index (χ3v) is 9.62. The van der Waals surface area contributed by atoms with Gasteiger partial charge in [0.25, 0.3) is 0 Å². The fourth-order valence-corrected chi connectivity index (χ4v) is 6.06. The smallest absolute Gasteiger partial charge is 0.229 e. The molecule has 2 aliphatic rings. The molecule has 0 spiro atoms. The van der Waals surface area contributed by atoms with E-state index >= 15 is 4.39 Å². The SMILES string of the molecule is Cc1cc(Nc2ncc(Cl)c(Nc3cn(C)nc3S(=O)(=O)C(C)C)n2)c(OC2CC2)cc1C1CCN(C)CC1F. The van der Waals surface area contributed by atoms with E-state index in [9.17, 15) is 8.42 Å². The van der Waals surface area contributed by atoms with Crippen molar-refractivity contribution in [2.75, 3.05) is 30.8 Å². The average Bonchev–Trinajstić information content (AvgIpc) is 3.62. The third-order valence-electron chi connectivity index (χ3n) is 7.26. The minimum atomic E-state index is -3.66. The summed E-state index contributed by atoms with van der Waals surface area (Å²) in [4.78, 5) is 10.9. The van der Waals surface area contributed by atoms with Gasteiger partial charge in [0.05, 0.1) is 28.9 Å². The molecule has 2 N–H and O–H groups in total. The Morgan fingerprint density at radius 1 is 1.15 bits per heavy atom. The number of hydrogen-bond acceptors (Lipinski definition) is 9. The van der Waals surface area contributed by atoms with Crippen molar-refractivity contribution in [3.05, 3.63) is 40.7 Å². The molecule has 1 saturated carbocycles. The Labute approximate surface area is 239 Å². The predicted octanol–water partition coefficient (Wildman–Crippen LogP) is 5.14. The van der Waals surface area contributed by atoms with Gasteiger partial charge in [-0.05, 0) is 76.9 Å². The fraction of sp³-hybridized carbons (Fsp3) is 0.519. The van der Waals surface area contributed by atoms with Crippen molar-refractivity contribution >= 4 is 44.6 Å². The molecule has 40 heavy (non-hydrogen) atoms. The molecule has 5 rings (SSSR count). The van der Waals surface area contributed by atoms with E-state index in [1.165, 1.54) is 10.9 Å². The van der Waals surface area contributed by atoms with Gasteiger partial charge in [0.1, 0.15) is 16.9 Å². The summed E-state index contributed by atoms with van der Waals surface area (Å²) in [5.41, 5.74) is 2.83. The molecule has 1 saturated heterocycles. The Morgan fingerprint density at radius 2 is 1.90 bits per heavy atom. The number of alkyl halides is 1.